The summed E-state index contributed by atoms with van der Waals surface area (Å²) in [7, 11) is 0. The topological polar surface area (TPSA) is 23.5 Å². The Morgan fingerprint density at radius 2 is 1.73 bits per heavy atom. The second kappa shape index (κ2) is 8.24. The number of unbranched alkanes of at least 4 members (excludes halogenated alkanes) is 2. The molecule has 0 spiro atoms. The highest BCUT2D eigenvalue weighted by molar-refractivity contribution is 7.80. The highest BCUT2D eigenvalue weighted by Crippen LogP contribution is 2.16. The molecule has 1 N–H and O–H groups in total. The maximum atomic E-state index is 12.1. The van der Waals surface area contributed by atoms with Crippen molar-refractivity contribution in [3.05, 3.63) is 0 Å². The summed E-state index contributed by atoms with van der Waals surface area (Å²) in [5.74, 6) is 0.763. The molecule has 92 valence electrons. The molecule has 0 aromatic rings. The SMILES string of the molecule is OCCN(CCCCCS)CC(F)(F)F. The van der Waals surface area contributed by atoms with E-state index >= 15 is 0 Å². The van der Waals surface area contributed by atoms with Gasteiger partial charge in [0.05, 0.1) is 13.2 Å². The van der Waals surface area contributed by atoms with Crippen molar-refractivity contribution in [2.24, 2.45) is 0 Å². The van der Waals surface area contributed by atoms with Crippen molar-refractivity contribution >= 4 is 12.6 Å². The number of nitrogens with zero attached hydrogens (tertiary/aromatic N) is 1. The molecule has 0 radical (unpaired) electrons. The average Bonchev–Trinajstić information content (AvgIpc) is 2.10. The maximum Gasteiger partial charge on any atom is 0.401 e. The number of alkyl halides is 3. The first-order valence-corrected chi connectivity index (χ1v) is 5.63. The summed E-state index contributed by atoms with van der Waals surface area (Å²) < 4.78 is 36.2. The fraction of sp³-hybridized carbons (Fsp3) is 1.00. The van der Waals surface area contributed by atoms with Crippen LogP contribution >= 0.6 is 12.6 Å². The lowest BCUT2D eigenvalue weighted by Gasteiger charge is -2.22. The molecule has 0 rings (SSSR count). The predicted octanol–water partition coefficient (Wildman–Crippen LogP) is 1.94. The van der Waals surface area contributed by atoms with Crippen LogP contribution in [0, 0.1) is 0 Å². The molecule has 0 aromatic carbocycles. The average molecular weight is 245 g/mol. The van der Waals surface area contributed by atoms with Crippen LogP contribution in [0.5, 0.6) is 0 Å². The van der Waals surface area contributed by atoms with E-state index in [1.54, 1.807) is 0 Å². The zero-order valence-electron chi connectivity index (χ0n) is 8.63. The number of aliphatic hydroxyl groups is 1. The van der Waals surface area contributed by atoms with Gasteiger partial charge in [-0.1, -0.05) is 6.42 Å². The third-order valence-electron chi connectivity index (χ3n) is 1.95. The van der Waals surface area contributed by atoms with Crippen LogP contribution in [0.25, 0.3) is 0 Å². The van der Waals surface area contributed by atoms with E-state index in [4.69, 9.17) is 5.11 Å². The number of hydrogen-bond donors (Lipinski definition) is 2. The molecule has 2 nitrogen and oxygen atoms in total. The van der Waals surface area contributed by atoms with E-state index in [1.807, 2.05) is 0 Å². The summed E-state index contributed by atoms with van der Waals surface area (Å²) in [6.45, 7) is -0.703. The minimum Gasteiger partial charge on any atom is -0.395 e. The Morgan fingerprint density at radius 3 is 2.20 bits per heavy atom. The molecule has 0 bridgehead atoms. The molecule has 0 aliphatic carbocycles. The fourth-order valence-corrected chi connectivity index (χ4v) is 1.51. The Balaban J connectivity index is 3.73. The smallest absolute Gasteiger partial charge is 0.395 e. The predicted molar refractivity (Wildman–Crippen MR) is 57.3 cm³/mol. The van der Waals surface area contributed by atoms with Crippen molar-refractivity contribution in [2.45, 2.75) is 25.4 Å². The van der Waals surface area contributed by atoms with Crippen molar-refractivity contribution in [3.8, 4) is 0 Å². The maximum absolute atomic E-state index is 12.1. The van der Waals surface area contributed by atoms with Crippen LogP contribution in [-0.4, -0.2) is 48.2 Å². The second-order valence-electron chi connectivity index (χ2n) is 3.40. The molecular formula is C9H18F3NOS. The monoisotopic (exact) mass is 245 g/mol. The van der Waals surface area contributed by atoms with Gasteiger partial charge < -0.3 is 5.11 Å². The van der Waals surface area contributed by atoms with Crippen molar-refractivity contribution in [1.29, 1.82) is 0 Å². The van der Waals surface area contributed by atoms with Crippen molar-refractivity contribution in [2.75, 3.05) is 32.0 Å². The summed E-state index contributed by atoms with van der Waals surface area (Å²) >= 11 is 4.02. The van der Waals surface area contributed by atoms with E-state index in [0.717, 1.165) is 25.0 Å². The quantitative estimate of drug-likeness (QED) is 0.504. The standard InChI is InChI=1S/C9H18F3NOS/c10-9(11,12)8-13(5-6-14)4-2-1-3-7-15/h14-15H,1-8H2. The highest BCUT2D eigenvalue weighted by atomic mass is 32.1. The third kappa shape index (κ3) is 10.3. The zero-order chi connectivity index (χ0) is 11.7. The Morgan fingerprint density at radius 1 is 1.07 bits per heavy atom. The third-order valence-corrected chi connectivity index (χ3v) is 2.27. The Kier molecular flexibility index (Phi) is 8.27. The van der Waals surface area contributed by atoms with Gasteiger partial charge in [0, 0.05) is 6.54 Å². The molecule has 0 saturated heterocycles. The van der Waals surface area contributed by atoms with Gasteiger partial charge in [0.25, 0.3) is 0 Å². The Bertz CT molecular complexity index is 155. The lowest BCUT2D eigenvalue weighted by Crippen LogP contribution is -2.36. The van der Waals surface area contributed by atoms with Crippen LogP contribution in [0.15, 0.2) is 0 Å². The van der Waals surface area contributed by atoms with E-state index < -0.39 is 12.7 Å². The summed E-state index contributed by atoms with van der Waals surface area (Å²) in [5, 5.41) is 8.61. The summed E-state index contributed by atoms with van der Waals surface area (Å²) in [5.41, 5.74) is 0. The van der Waals surface area contributed by atoms with Crippen LogP contribution in [0.4, 0.5) is 13.2 Å². The molecule has 0 aromatic heterocycles. The molecule has 0 fully saturated rings. The molecule has 0 amide bonds. The van der Waals surface area contributed by atoms with Crippen LogP contribution in [0.2, 0.25) is 0 Å². The number of halogens is 3. The Hall–Kier alpha value is 0.0600. The van der Waals surface area contributed by atoms with Crippen molar-refractivity contribution in [1.82, 2.24) is 4.90 Å². The minimum atomic E-state index is -4.18. The molecule has 0 aliphatic rings. The van der Waals surface area contributed by atoms with Gasteiger partial charge in [0.2, 0.25) is 0 Å². The van der Waals surface area contributed by atoms with Gasteiger partial charge in [-0.3, -0.25) is 4.90 Å². The normalized spacial score (nSPS) is 12.4. The molecule has 0 saturated carbocycles. The molecule has 6 heteroatoms. The van der Waals surface area contributed by atoms with Crippen LogP contribution < -0.4 is 0 Å². The lowest BCUT2D eigenvalue weighted by atomic mass is 10.2. The van der Waals surface area contributed by atoms with Crippen LogP contribution in [0.1, 0.15) is 19.3 Å². The molecule has 15 heavy (non-hydrogen) atoms. The molecular weight excluding hydrogens is 227 g/mol. The summed E-state index contributed by atoms with van der Waals surface area (Å²) in [6, 6.07) is 0. The fourth-order valence-electron chi connectivity index (χ4n) is 1.29. The molecule has 0 atom stereocenters. The first-order chi connectivity index (χ1) is 6.99. The van der Waals surface area contributed by atoms with Crippen molar-refractivity contribution < 1.29 is 18.3 Å². The minimum absolute atomic E-state index is 0.0837. The van der Waals surface area contributed by atoms with E-state index in [9.17, 15) is 13.2 Å². The van der Waals surface area contributed by atoms with Gasteiger partial charge in [0.15, 0.2) is 0 Å². The molecule has 0 heterocycles. The largest absolute Gasteiger partial charge is 0.401 e. The van der Waals surface area contributed by atoms with E-state index in [1.165, 1.54) is 4.90 Å². The van der Waals surface area contributed by atoms with Crippen LogP contribution in [-0.2, 0) is 0 Å². The molecule has 0 aliphatic heterocycles. The number of hydrogen-bond acceptors (Lipinski definition) is 3. The Labute approximate surface area is 93.9 Å². The van der Waals surface area contributed by atoms with Gasteiger partial charge >= 0.3 is 6.18 Å². The van der Waals surface area contributed by atoms with E-state index in [-0.39, 0.29) is 13.2 Å². The lowest BCUT2D eigenvalue weighted by molar-refractivity contribution is -0.146. The van der Waals surface area contributed by atoms with Gasteiger partial charge in [-0.05, 0) is 25.1 Å². The van der Waals surface area contributed by atoms with E-state index in [2.05, 4.69) is 12.6 Å². The number of rotatable bonds is 8. The second-order valence-corrected chi connectivity index (χ2v) is 3.85. The van der Waals surface area contributed by atoms with Gasteiger partial charge in [-0.25, -0.2) is 0 Å². The van der Waals surface area contributed by atoms with Gasteiger partial charge in [-0.15, -0.1) is 0 Å². The van der Waals surface area contributed by atoms with Crippen LogP contribution in [0.3, 0.4) is 0 Å². The molecule has 0 unspecified atom stereocenters. The van der Waals surface area contributed by atoms with Gasteiger partial charge in [0.1, 0.15) is 0 Å². The highest BCUT2D eigenvalue weighted by Gasteiger charge is 2.30. The summed E-state index contributed by atoms with van der Waals surface area (Å²) in [4.78, 5) is 1.23. The van der Waals surface area contributed by atoms with E-state index in [0.29, 0.717) is 6.54 Å². The first kappa shape index (κ1) is 15.1. The number of thiol groups is 1. The van der Waals surface area contributed by atoms with Crippen molar-refractivity contribution in [3.63, 3.8) is 0 Å². The van der Waals surface area contributed by atoms with Gasteiger partial charge in [-0.2, -0.15) is 25.8 Å². The number of aliphatic hydroxyl groups excluding tert-OH is 1. The first-order valence-electron chi connectivity index (χ1n) is 5.00. The zero-order valence-corrected chi connectivity index (χ0v) is 9.53. The summed E-state index contributed by atoms with van der Waals surface area (Å²) in [6.07, 6.45) is -1.67.